The summed E-state index contributed by atoms with van der Waals surface area (Å²) in [5.74, 6) is 0.712. The van der Waals surface area contributed by atoms with Gasteiger partial charge in [0.25, 0.3) is 0 Å². The quantitative estimate of drug-likeness (QED) is 0.756. The van der Waals surface area contributed by atoms with Gasteiger partial charge in [0.05, 0.1) is 17.1 Å². The summed E-state index contributed by atoms with van der Waals surface area (Å²) in [6, 6.07) is 3.58. The molecule has 1 amide bonds. The van der Waals surface area contributed by atoms with E-state index in [-0.39, 0.29) is 5.91 Å². The van der Waals surface area contributed by atoms with Gasteiger partial charge in [0.1, 0.15) is 12.4 Å². The molecule has 1 aliphatic rings. The second-order valence-electron chi connectivity index (χ2n) is 4.58. The molecule has 0 radical (unpaired) electrons. The topological polar surface area (TPSA) is 50.4 Å². The van der Waals surface area contributed by atoms with E-state index in [9.17, 15) is 4.79 Å². The molecule has 1 aliphatic heterocycles. The Morgan fingerprint density at radius 3 is 3.05 bits per heavy atom. The van der Waals surface area contributed by atoms with Gasteiger partial charge in [-0.15, -0.1) is 0 Å². The van der Waals surface area contributed by atoms with Crippen molar-refractivity contribution in [2.24, 2.45) is 0 Å². The molecule has 4 nitrogen and oxygen atoms in total. The van der Waals surface area contributed by atoms with Crippen LogP contribution < -0.4 is 15.4 Å². The van der Waals surface area contributed by atoms with E-state index in [1.54, 1.807) is 6.07 Å². The van der Waals surface area contributed by atoms with E-state index in [1.807, 2.05) is 6.07 Å². The maximum atomic E-state index is 11.4. The number of nitrogens with one attached hydrogen (secondary N) is 2. The van der Waals surface area contributed by atoms with Crippen molar-refractivity contribution >= 4 is 23.2 Å². The van der Waals surface area contributed by atoms with Gasteiger partial charge in [-0.05, 0) is 25.1 Å². The van der Waals surface area contributed by atoms with Crippen LogP contribution >= 0.6 is 11.6 Å². The zero-order valence-electron chi connectivity index (χ0n) is 11.1. The second-order valence-corrected chi connectivity index (χ2v) is 4.98. The summed E-state index contributed by atoms with van der Waals surface area (Å²) in [7, 11) is 0. The molecule has 5 heteroatoms. The maximum absolute atomic E-state index is 11.4. The molecule has 0 spiro atoms. The van der Waals surface area contributed by atoms with Crippen molar-refractivity contribution < 1.29 is 9.53 Å². The highest BCUT2D eigenvalue weighted by atomic mass is 35.5. The molecular formula is C14H19ClN2O2. The van der Waals surface area contributed by atoms with Crippen molar-refractivity contribution in [2.75, 3.05) is 25.0 Å². The molecule has 0 atom stereocenters. The molecular weight excluding hydrogens is 264 g/mol. The number of unbranched alkanes of at least 4 members (excludes halogenated alkanes) is 1. The third kappa shape index (κ3) is 3.61. The minimum Gasteiger partial charge on any atom is -0.492 e. The van der Waals surface area contributed by atoms with Crippen LogP contribution in [0.5, 0.6) is 5.75 Å². The number of carbonyl (C=O) groups is 1. The largest absolute Gasteiger partial charge is 0.492 e. The number of anilines is 1. The maximum Gasteiger partial charge on any atom is 0.229 e. The second kappa shape index (κ2) is 6.78. The molecule has 1 aromatic rings. The van der Waals surface area contributed by atoms with E-state index < -0.39 is 0 Å². The summed E-state index contributed by atoms with van der Waals surface area (Å²) >= 11 is 6.04. The third-order valence-corrected chi connectivity index (χ3v) is 3.38. The van der Waals surface area contributed by atoms with Gasteiger partial charge in [-0.3, -0.25) is 4.79 Å². The van der Waals surface area contributed by atoms with Crippen LogP contribution in [0.4, 0.5) is 5.69 Å². The van der Waals surface area contributed by atoms with Crippen LogP contribution in [0.25, 0.3) is 0 Å². The number of ether oxygens (including phenoxy) is 1. The summed E-state index contributed by atoms with van der Waals surface area (Å²) in [5, 5.41) is 6.63. The number of halogens is 1. The van der Waals surface area contributed by atoms with Crippen LogP contribution in [0.1, 0.15) is 25.3 Å². The standard InChI is InChI=1S/C14H19ClN2O2/c1-2-3-6-16-7-8-19-12-5-4-11(15)14-10(12)9-13(18)17-14/h4-5,16H,2-3,6-9H2,1H3,(H,17,18). The number of hydrogen-bond donors (Lipinski definition) is 2. The summed E-state index contributed by atoms with van der Waals surface area (Å²) in [6.45, 7) is 4.57. The van der Waals surface area contributed by atoms with E-state index in [4.69, 9.17) is 16.3 Å². The van der Waals surface area contributed by atoms with Crippen LogP contribution in [0.3, 0.4) is 0 Å². The Labute approximate surface area is 118 Å². The molecule has 0 bridgehead atoms. The van der Waals surface area contributed by atoms with E-state index in [0.717, 1.165) is 24.4 Å². The predicted molar refractivity (Wildman–Crippen MR) is 77.1 cm³/mol. The molecule has 2 N–H and O–H groups in total. The van der Waals surface area contributed by atoms with Gasteiger partial charge in [-0.2, -0.15) is 0 Å². The Morgan fingerprint density at radius 1 is 1.42 bits per heavy atom. The molecule has 0 saturated heterocycles. The average molecular weight is 283 g/mol. The average Bonchev–Trinajstić information content (AvgIpc) is 2.79. The molecule has 1 aromatic carbocycles. The van der Waals surface area contributed by atoms with Crippen LogP contribution in [0, 0.1) is 0 Å². The lowest BCUT2D eigenvalue weighted by Gasteiger charge is -2.11. The molecule has 104 valence electrons. The van der Waals surface area contributed by atoms with Crippen molar-refractivity contribution in [2.45, 2.75) is 26.2 Å². The number of rotatable bonds is 7. The number of benzene rings is 1. The van der Waals surface area contributed by atoms with E-state index >= 15 is 0 Å². The Morgan fingerprint density at radius 2 is 2.26 bits per heavy atom. The van der Waals surface area contributed by atoms with Gasteiger partial charge in [0.2, 0.25) is 5.91 Å². The van der Waals surface area contributed by atoms with Gasteiger partial charge in [0.15, 0.2) is 0 Å². The van der Waals surface area contributed by atoms with E-state index in [1.165, 1.54) is 12.8 Å². The highest BCUT2D eigenvalue weighted by Crippen LogP contribution is 2.37. The monoisotopic (exact) mass is 282 g/mol. The van der Waals surface area contributed by atoms with Crippen LogP contribution in [0.15, 0.2) is 12.1 Å². The first-order valence-corrected chi connectivity index (χ1v) is 7.05. The Balaban J connectivity index is 1.88. The van der Waals surface area contributed by atoms with Gasteiger partial charge in [-0.25, -0.2) is 0 Å². The predicted octanol–water partition coefficient (Wildman–Crippen LogP) is 2.60. The number of hydrogen-bond acceptors (Lipinski definition) is 3. The zero-order valence-corrected chi connectivity index (χ0v) is 11.8. The Bertz CT molecular complexity index is 463. The third-order valence-electron chi connectivity index (χ3n) is 3.06. The van der Waals surface area contributed by atoms with E-state index in [2.05, 4.69) is 17.6 Å². The Kier molecular flexibility index (Phi) is 5.05. The fraction of sp³-hybridized carbons (Fsp3) is 0.500. The van der Waals surface area contributed by atoms with Crippen molar-refractivity contribution in [1.29, 1.82) is 0 Å². The summed E-state index contributed by atoms with van der Waals surface area (Å²) < 4.78 is 5.72. The summed E-state index contributed by atoms with van der Waals surface area (Å²) in [5.41, 5.74) is 1.56. The first kappa shape index (κ1) is 14.2. The molecule has 0 aromatic heterocycles. The molecule has 0 fully saturated rings. The first-order valence-electron chi connectivity index (χ1n) is 6.67. The van der Waals surface area contributed by atoms with Crippen LogP contribution in [-0.4, -0.2) is 25.6 Å². The lowest BCUT2D eigenvalue weighted by atomic mass is 10.1. The number of amides is 1. The van der Waals surface area contributed by atoms with Crippen molar-refractivity contribution in [3.8, 4) is 5.75 Å². The number of fused-ring (bicyclic) bond motifs is 1. The summed E-state index contributed by atoms with van der Waals surface area (Å²) in [6.07, 6.45) is 2.70. The fourth-order valence-corrected chi connectivity index (χ4v) is 2.27. The van der Waals surface area contributed by atoms with Crippen LogP contribution in [-0.2, 0) is 11.2 Å². The van der Waals surface area contributed by atoms with Crippen molar-refractivity contribution in [1.82, 2.24) is 5.32 Å². The molecule has 0 saturated carbocycles. The molecule has 1 heterocycles. The summed E-state index contributed by atoms with van der Waals surface area (Å²) in [4.78, 5) is 11.4. The van der Waals surface area contributed by atoms with Crippen molar-refractivity contribution in [3.63, 3.8) is 0 Å². The molecule has 19 heavy (non-hydrogen) atoms. The normalized spacial score (nSPS) is 13.3. The van der Waals surface area contributed by atoms with Gasteiger partial charge >= 0.3 is 0 Å². The van der Waals surface area contributed by atoms with Gasteiger partial charge in [-0.1, -0.05) is 24.9 Å². The highest BCUT2D eigenvalue weighted by Gasteiger charge is 2.24. The van der Waals surface area contributed by atoms with Gasteiger partial charge < -0.3 is 15.4 Å². The van der Waals surface area contributed by atoms with E-state index in [0.29, 0.717) is 23.7 Å². The molecule has 2 rings (SSSR count). The lowest BCUT2D eigenvalue weighted by molar-refractivity contribution is -0.115. The SMILES string of the molecule is CCCCNCCOc1ccc(Cl)c2c1CC(=O)N2. The minimum atomic E-state index is -0.0333. The minimum absolute atomic E-state index is 0.0333. The lowest BCUT2D eigenvalue weighted by Crippen LogP contribution is -2.22. The molecule has 0 unspecified atom stereocenters. The Hall–Kier alpha value is -1.26. The zero-order chi connectivity index (χ0) is 13.7. The first-order chi connectivity index (χ1) is 9.22. The van der Waals surface area contributed by atoms with Crippen LogP contribution in [0.2, 0.25) is 5.02 Å². The number of carbonyl (C=O) groups excluding carboxylic acids is 1. The fourth-order valence-electron chi connectivity index (χ4n) is 2.05. The highest BCUT2D eigenvalue weighted by molar-refractivity contribution is 6.34. The van der Waals surface area contributed by atoms with Crippen molar-refractivity contribution in [3.05, 3.63) is 22.7 Å². The van der Waals surface area contributed by atoms with Gasteiger partial charge in [0, 0.05) is 12.1 Å². The smallest absolute Gasteiger partial charge is 0.229 e. The molecule has 0 aliphatic carbocycles.